The number of benzene rings is 1. The first kappa shape index (κ1) is 17.7. The molecule has 6 nitrogen and oxygen atoms in total. The maximum atomic E-state index is 13.0. The molecule has 2 aliphatic heterocycles. The molecule has 2 atom stereocenters. The number of para-hydroxylation sites is 1. The van der Waals surface area contributed by atoms with Crippen molar-refractivity contribution in [3.63, 3.8) is 0 Å². The van der Waals surface area contributed by atoms with Crippen molar-refractivity contribution < 1.29 is 14.3 Å². The van der Waals surface area contributed by atoms with Gasteiger partial charge in [0.05, 0.1) is 18.6 Å². The van der Waals surface area contributed by atoms with E-state index in [1.54, 1.807) is 19.1 Å². The number of anilines is 1. The van der Waals surface area contributed by atoms with Crippen LogP contribution in [0.3, 0.4) is 0 Å². The van der Waals surface area contributed by atoms with E-state index in [9.17, 15) is 9.59 Å². The number of ether oxygens (including phenoxy) is 1. The van der Waals surface area contributed by atoms with Crippen molar-refractivity contribution >= 4 is 17.5 Å². The van der Waals surface area contributed by atoms with Crippen molar-refractivity contribution in [1.29, 1.82) is 0 Å². The van der Waals surface area contributed by atoms with Crippen LogP contribution in [0.25, 0.3) is 0 Å². The van der Waals surface area contributed by atoms with Gasteiger partial charge in [-0.1, -0.05) is 18.2 Å². The van der Waals surface area contributed by atoms with Crippen LogP contribution in [0.15, 0.2) is 30.3 Å². The molecule has 1 aromatic rings. The first-order valence-corrected chi connectivity index (χ1v) is 8.95. The molecule has 0 aromatic heterocycles. The third-order valence-electron chi connectivity index (χ3n) is 5.39. The number of piperidine rings is 1. The first-order valence-electron chi connectivity index (χ1n) is 8.95. The van der Waals surface area contributed by atoms with Crippen molar-refractivity contribution in [3.8, 4) is 0 Å². The molecular weight excluding hydrogens is 318 g/mol. The summed E-state index contributed by atoms with van der Waals surface area (Å²) in [5.74, 6) is 0.0973. The second kappa shape index (κ2) is 7.87. The molecule has 0 bridgehead atoms. The highest BCUT2D eigenvalue weighted by Crippen LogP contribution is 2.26. The number of likely N-dealkylation sites (N-methyl/N-ethyl adjacent to an activating group) is 1. The van der Waals surface area contributed by atoms with Gasteiger partial charge in [-0.15, -0.1) is 0 Å². The lowest BCUT2D eigenvalue weighted by molar-refractivity contribution is -0.148. The molecule has 0 saturated carbocycles. The first-order chi connectivity index (χ1) is 12.1. The maximum absolute atomic E-state index is 13.0. The van der Waals surface area contributed by atoms with Gasteiger partial charge in [-0.2, -0.15) is 0 Å². The third kappa shape index (κ3) is 3.79. The molecule has 0 aliphatic carbocycles. The maximum Gasteiger partial charge on any atom is 0.227 e. The average molecular weight is 345 g/mol. The van der Waals surface area contributed by atoms with E-state index >= 15 is 0 Å². The lowest BCUT2D eigenvalue weighted by Gasteiger charge is -2.42. The van der Waals surface area contributed by atoms with Gasteiger partial charge in [-0.25, -0.2) is 0 Å². The lowest BCUT2D eigenvalue weighted by Crippen LogP contribution is -2.57. The van der Waals surface area contributed by atoms with Gasteiger partial charge in [0.2, 0.25) is 11.8 Å². The lowest BCUT2D eigenvalue weighted by atomic mass is 9.88. The zero-order valence-electron chi connectivity index (χ0n) is 15.1. The van der Waals surface area contributed by atoms with Crippen LogP contribution in [0.1, 0.15) is 12.8 Å². The number of hydrogen-bond donors (Lipinski definition) is 0. The SMILES string of the molecule is COC[C@@H]1[C@H](C(=O)N2CCN(c3ccccc3)CC2)CCC(=O)N1C. The summed E-state index contributed by atoms with van der Waals surface area (Å²) in [5, 5.41) is 0. The third-order valence-corrected chi connectivity index (χ3v) is 5.39. The van der Waals surface area contributed by atoms with Crippen molar-refractivity contribution in [3.05, 3.63) is 30.3 Å². The van der Waals surface area contributed by atoms with Crippen molar-refractivity contribution in [1.82, 2.24) is 9.80 Å². The predicted molar refractivity (Wildman–Crippen MR) is 96.4 cm³/mol. The number of piperazine rings is 1. The number of likely N-dealkylation sites (tertiary alicyclic amines) is 1. The Hall–Kier alpha value is -2.08. The fourth-order valence-corrected chi connectivity index (χ4v) is 3.85. The second-order valence-corrected chi connectivity index (χ2v) is 6.82. The molecule has 2 heterocycles. The van der Waals surface area contributed by atoms with Gasteiger partial charge in [0.15, 0.2) is 0 Å². The van der Waals surface area contributed by atoms with Crippen molar-refractivity contribution in [2.24, 2.45) is 5.92 Å². The molecule has 0 N–H and O–H groups in total. The summed E-state index contributed by atoms with van der Waals surface area (Å²) < 4.78 is 5.27. The van der Waals surface area contributed by atoms with E-state index in [1.807, 2.05) is 23.1 Å². The fourth-order valence-electron chi connectivity index (χ4n) is 3.85. The Morgan fingerprint density at radius 2 is 1.84 bits per heavy atom. The summed E-state index contributed by atoms with van der Waals surface area (Å²) in [6.07, 6.45) is 1.06. The Bertz CT molecular complexity index is 599. The van der Waals surface area contributed by atoms with Gasteiger partial charge in [0.25, 0.3) is 0 Å². The Morgan fingerprint density at radius 1 is 1.16 bits per heavy atom. The topological polar surface area (TPSA) is 53.1 Å². The molecule has 25 heavy (non-hydrogen) atoms. The van der Waals surface area contributed by atoms with E-state index in [1.165, 1.54) is 5.69 Å². The van der Waals surface area contributed by atoms with E-state index in [0.29, 0.717) is 19.4 Å². The second-order valence-electron chi connectivity index (χ2n) is 6.82. The number of carbonyl (C=O) groups excluding carboxylic acids is 2. The smallest absolute Gasteiger partial charge is 0.227 e. The van der Waals surface area contributed by atoms with Crippen LogP contribution in [0.4, 0.5) is 5.69 Å². The van der Waals surface area contributed by atoms with E-state index in [4.69, 9.17) is 4.74 Å². The minimum atomic E-state index is -0.161. The molecule has 2 amide bonds. The molecule has 1 aromatic carbocycles. The molecule has 6 heteroatoms. The number of nitrogens with zero attached hydrogens (tertiary/aromatic N) is 3. The van der Waals surface area contributed by atoms with Gasteiger partial charge in [0, 0.05) is 52.4 Å². The van der Waals surface area contributed by atoms with Crippen molar-refractivity contribution in [2.45, 2.75) is 18.9 Å². The van der Waals surface area contributed by atoms with Gasteiger partial charge >= 0.3 is 0 Å². The van der Waals surface area contributed by atoms with Gasteiger partial charge in [0.1, 0.15) is 0 Å². The van der Waals surface area contributed by atoms with Crippen LogP contribution in [-0.4, -0.2) is 74.6 Å². The van der Waals surface area contributed by atoms with Crippen LogP contribution < -0.4 is 4.90 Å². The van der Waals surface area contributed by atoms with Crippen LogP contribution in [0.5, 0.6) is 0 Å². The molecule has 136 valence electrons. The highest BCUT2D eigenvalue weighted by atomic mass is 16.5. The monoisotopic (exact) mass is 345 g/mol. The minimum Gasteiger partial charge on any atom is -0.383 e. The zero-order chi connectivity index (χ0) is 17.8. The van der Waals surface area contributed by atoms with E-state index in [-0.39, 0.29) is 23.8 Å². The van der Waals surface area contributed by atoms with E-state index < -0.39 is 0 Å². The zero-order valence-corrected chi connectivity index (χ0v) is 15.1. The molecule has 2 aliphatic rings. The highest BCUT2D eigenvalue weighted by Gasteiger charge is 2.40. The molecule has 0 radical (unpaired) electrons. The normalized spacial score (nSPS) is 24.6. The Kier molecular flexibility index (Phi) is 5.58. The summed E-state index contributed by atoms with van der Waals surface area (Å²) >= 11 is 0. The Labute approximate surface area is 149 Å². The standard InChI is InChI=1S/C19H27N3O3/c1-20-17(14-25-2)16(8-9-18(20)23)19(24)22-12-10-21(11-13-22)15-6-4-3-5-7-15/h3-7,16-17H,8-14H2,1-2H3/t16-,17-/m1/s1. The molecule has 2 saturated heterocycles. The number of hydrogen-bond acceptors (Lipinski definition) is 4. The van der Waals surface area contributed by atoms with E-state index in [0.717, 1.165) is 26.2 Å². The Balaban J connectivity index is 1.62. The molecular formula is C19H27N3O3. The number of carbonyl (C=O) groups is 2. The van der Waals surface area contributed by atoms with Crippen LogP contribution >= 0.6 is 0 Å². The number of amides is 2. The minimum absolute atomic E-state index is 0.0972. The molecule has 0 unspecified atom stereocenters. The largest absolute Gasteiger partial charge is 0.383 e. The molecule has 0 spiro atoms. The van der Waals surface area contributed by atoms with Crippen molar-refractivity contribution in [2.75, 3.05) is 51.8 Å². The molecule has 2 fully saturated rings. The Morgan fingerprint density at radius 3 is 2.48 bits per heavy atom. The summed E-state index contributed by atoms with van der Waals surface area (Å²) in [5.41, 5.74) is 1.20. The highest BCUT2D eigenvalue weighted by molar-refractivity contribution is 5.84. The van der Waals surface area contributed by atoms with Gasteiger partial charge < -0.3 is 19.4 Å². The van der Waals surface area contributed by atoms with Crippen LogP contribution in [0, 0.1) is 5.92 Å². The van der Waals surface area contributed by atoms with Crippen LogP contribution in [-0.2, 0) is 14.3 Å². The van der Waals surface area contributed by atoms with Gasteiger partial charge in [-0.3, -0.25) is 9.59 Å². The summed E-state index contributed by atoms with van der Waals surface area (Å²) in [6.45, 7) is 3.53. The predicted octanol–water partition coefficient (Wildman–Crippen LogP) is 1.22. The summed E-state index contributed by atoms with van der Waals surface area (Å²) in [6, 6.07) is 10.1. The summed E-state index contributed by atoms with van der Waals surface area (Å²) in [4.78, 5) is 31.0. The fraction of sp³-hybridized carbons (Fsp3) is 0.579. The summed E-state index contributed by atoms with van der Waals surface area (Å²) in [7, 11) is 3.39. The average Bonchev–Trinajstić information content (AvgIpc) is 2.66. The number of methoxy groups -OCH3 is 1. The number of rotatable bonds is 4. The van der Waals surface area contributed by atoms with E-state index in [2.05, 4.69) is 17.0 Å². The van der Waals surface area contributed by atoms with Gasteiger partial charge in [-0.05, 0) is 18.6 Å². The molecule has 3 rings (SSSR count). The quantitative estimate of drug-likeness (QED) is 0.823. The van der Waals surface area contributed by atoms with Crippen LogP contribution in [0.2, 0.25) is 0 Å².